The Morgan fingerprint density at radius 1 is 1.46 bits per heavy atom. The Hall–Kier alpha value is -1.95. The quantitative estimate of drug-likeness (QED) is 0.674. The van der Waals surface area contributed by atoms with Crippen molar-refractivity contribution in [2.45, 2.75) is 0 Å². The Bertz CT molecular complexity index is 417. The standard InChI is InChI=1S/C10H9N3/c1-2-7-11-10-12-8-5-3-4-6-9(8)13-10/h1,3-6H,7H2,(H2,11,12,13). The highest BCUT2D eigenvalue weighted by molar-refractivity contribution is 5.77. The number of rotatable bonds is 2. The average Bonchev–Trinajstić information content (AvgIpc) is 2.57. The summed E-state index contributed by atoms with van der Waals surface area (Å²) in [5, 5.41) is 2.98. The van der Waals surface area contributed by atoms with Crippen LogP contribution in [0.25, 0.3) is 11.0 Å². The molecule has 3 nitrogen and oxygen atoms in total. The molecule has 2 rings (SSSR count). The topological polar surface area (TPSA) is 40.7 Å². The summed E-state index contributed by atoms with van der Waals surface area (Å²) in [6, 6.07) is 7.84. The number of H-pyrrole nitrogens is 1. The van der Waals surface area contributed by atoms with Crippen LogP contribution in [0.1, 0.15) is 0 Å². The minimum atomic E-state index is 0.486. The summed E-state index contributed by atoms with van der Waals surface area (Å²) in [5.74, 6) is 3.21. The minimum absolute atomic E-state index is 0.486. The number of para-hydroxylation sites is 2. The molecule has 0 radical (unpaired) electrons. The Morgan fingerprint density at radius 2 is 2.31 bits per heavy atom. The lowest BCUT2D eigenvalue weighted by Gasteiger charge is -1.92. The van der Waals surface area contributed by atoms with E-state index in [-0.39, 0.29) is 0 Å². The zero-order chi connectivity index (χ0) is 9.10. The molecular weight excluding hydrogens is 162 g/mol. The lowest BCUT2D eigenvalue weighted by atomic mass is 10.3. The van der Waals surface area contributed by atoms with Gasteiger partial charge in [-0.15, -0.1) is 6.42 Å². The smallest absolute Gasteiger partial charge is 0.201 e. The van der Waals surface area contributed by atoms with Crippen LogP contribution in [0.5, 0.6) is 0 Å². The molecule has 3 heteroatoms. The molecular formula is C10H9N3. The van der Waals surface area contributed by atoms with Crippen molar-refractivity contribution in [1.29, 1.82) is 0 Å². The Kier molecular flexibility index (Phi) is 1.89. The first-order valence-electron chi connectivity index (χ1n) is 4.02. The summed E-state index contributed by atoms with van der Waals surface area (Å²) in [5.41, 5.74) is 1.96. The van der Waals surface area contributed by atoms with Crippen LogP contribution >= 0.6 is 0 Å². The summed E-state index contributed by atoms with van der Waals surface area (Å²) in [6.07, 6.45) is 5.12. The largest absolute Gasteiger partial charge is 0.345 e. The SMILES string of the molecule is C#CCNc1nc2ccccc2[nH]1. The van der Waals surface area contributed by atoms with E-state index in [1.54, 1.807) is 0 Å². The molecule has 0 unspecified atom stereocenters. The highest BCUT2D eigenvalue weighted by Gasteiger charge is 1.98. The first-order valence-corrected chi connectivity index (χ1v) is 4.02. The van der Waals surface area contributed by atoms with Gasteiger partial charge in [-0.1, -0.05) is 18.1 Å². The number of benzene rings is 1. The van der Waals surface area contributed by atoms with Crippen molar-refractivity contribution in [2.24, 2.45) is 0 Å². The van der Waals surface area contributed by atoms with Crippen LogP contribution in [-0.4, -0.2) is 16.5 Å². The third kappa shape index (κ3) is 1.47. The summed E-state index contributed by atoms with van der Waals surface area (Å²) >= 11 is 0. The highest BCUT2D eigenvalue weighted by Crippen LogP contribution is 2.12. The van der Waals surface area contributed by atoms with E-state index in [9.17, 15) is 0 Å². The molecule has 0 aliphatic carbocycles. The molecule has 64 valence electrons. The van der Waals surface area contributed by atoms with Gasteiger partial charge in [0.1, 0.15) is 0 Å². The van der Waals surface area contributed by atoms with Crippen molar-refractivity contribution in [3.63, 3.8) is 0 Å². The van der Waals surface area contributed by atoms with Gasteiger partial charge >= 0.3 is 0 Å². The van der Waals surface area contributed by atoms with Crippen molar-refractivity contribution in [1.82, 2.24) is 9.97 Å². The van der Waals surface area contributed by atoms with Crippen LogP contribution in [0.4, 0.5) is 5.95 Å². The van der Waals surface area contributed by atoms with Crippen LogP contribution in [0, 0.1) is 12.3 Å². The molecule has 0 saturated carbocycles. The first-order chi connectivity index (χ1) is 6.40. The summed E-state index contributed by atoms with van der Waals surface area (Å²) in [6.45, 7) is 0.486. The van der Waals surface area contributed by atoms with Crippen molar-refractivity contribution in [2.75, 3.05) is 11.9 Å². The van der Waals surface area contributed by atoms with Crippen molar-refractivity contribution >= 4 is 17.0 Å². The van der Waals surface area contributed by atoms with E-state index in [1.807, 2.05) is 24.3 Å². The van der Waals surface area contributed by atoms with Gasteiger partial charge in [-0.25, -0.2) is 4.98 Å². The lowest BCUT2D eigenvalue weighted by molar-refractivity contribution is 1.23. The molecule has 2 N–H and O–H groups in total. The van der Waals surface area contributed by atoms with Crippen molar-refractivity contribution in [3.8, 4) is 12.3 Å². The number of nitrogens with zero attached hydrogens (tertiary/aromatic N) is 1. The zero-order valence-electron chi connectivity index (χ0n) is 7.04. The number of hydrogen-bond donors (Lipinski definition) is 2. The molecule has 1 aromatic heterocycles. The number of fused-ring (bicyclic) bond motifs is 1. The maximum atomic E-state index is 5.12. The fraction of sp³-hybridized carbons (Fsp3) is 0.100. The Balaban J connectivity index is 2.34. The van der Waals surface area contributed by atoms with Gasteiger partial charge in [0.05, 0.1) is 17.6 Å². The van der Waals surface area contributed by atoms with Crippen LogP contribution < -0.4 is 5.32 Å². The summed E-state index contributed by atoms with van der Waals surface area (Å²) in [4.78, 5) is 7.40. The molecule has 0 fully saturated rings. The molecule has 0 amide bonds. The molecule has 1 aromatic carbocycles. The van der Waals surface area contributed by atoms with Crippen LogP contribution in [0.15, 0.2) is 24.3 Å². The summed E-state index contributed by atoms with van der Waals surface area (Å²) < 4.78 is 0. The Morgan fingerprint density at radius 3 is 3.08 bits per heavy atom. The molecule has 2 aromatic rings. The third-order valence-corrected chi connectivity index (χ3v) is 1.75. The fourth-order valence-corrected chi connectivity index (χ4v) is 1.17. The van der Waals surface area contributed by atoms with Crippen LogP contribution in [0.3, 0.4) is 0 Å². The highest BCUT2D eigenvalue weighted by atomic mass is 15.1. The van der Waals surface area contributed by atoms with Gasteiger partial charge in [-0.2, -0.15) is 0 Å². The number of nitrogens with one attached hydrogen (secondary N) is 2. The molecule has 1 heterocycles. The molecule has 0 aliphatic heterocycles. The van der Waals surface area contributed by atoms with Crippen LogP contribution in [-0.2, 0) is 0 Å². The number of terminal acetylenes is 1. The van der Waals surface area contributed by atoms with Gasteiger partial charge in [-0.3, -0.25) is 0 Å². The van der Waals surface area contributed by atoms with Gasteiger partial charge < -0.3 is 10.3 Å². The van der Waals surface area contributed by atoms with Gasteiger partial charge in [0.15, 0.2) is 0 Å². The molecule has 0 spiro atoms. The molecule has 0 saturated heterocycles. The minimum Gasteiger partial charge on any atom is -0.345 e. The van der Waals surface area contributed by atoms with Gasteiger partial charge in [0.25, 0.3) is 0 Å². The average molecular weight is 171 g/mol. The first kappa shape index (κ1) is 7.69. The second-order valence-corrected chi connectivity index (χ2v) is 2.66. The number of imidazole rings is 1. The predicted molar refractivity (Wildman–Crippen MR) is 53.4 cm³/mol. The maximum absolute atomic E-state index is 5.12. The number of hydrogen-bond acceptors (Lipinski definition) is 2. The van der Waals surface area contributed by atoms with Gasteiger partial charge in [-0.05, 0) is 12.1 Å². The van der Waals surface area contributed by atoms with E-state index >= 15 is 0 Å². The second-order valence-electron chi connectivity index (χ2n) is 2.66. The fourth-order valence-electron chi connectivity index (χ4n) is 1.17. The van der Waals surface area contributed by atoms with E-state index in [2.05, 4.69) is 21.2 Å². The van der Waals surface area contributed by atoms with Gasteiger partial charge in [0, 0.05) is 0 Å². The van der Waals surface area contributed by atoms with Crippen molar-refractivity contribution < 1.29 is 0 Å². The summed E-state index contributed by atoms with van der Waals surface area (Å²) in [7, 11) is 0. The molecule has 0 atom stereocenters. The monoisotopic (exact) mass is 171 g/mol. The van der Waals surface area contributed by atoms with E-state index in [1.165, 1.54) is 0 Å². The van der Waals surface area contributed by atoms with Crippen molar-refractivity contribution in [3.05, 3.63) is 24.3 Å². The molecule has 0 bridgehead atoms. The van der Waals surface area contributed by atoms with E-state index < -0.39 is 0 Å². The Labute approximate surface area is 76.2 Å². The molecule has 0 aliphatic rings. The van der Waals surface area contributed by atoms with E-state index in [0.29, 0.717) is 6.54 Å². The predicted octanol–water partition coefficient (Wildman–Crippen LogP) is 1.61. The maximum Gasteiger partial charge on any atom is 0.201 e. The lowest BCUT2D eigenvalue weighted by Crippen LogP contribution is -1.99. The second kappa shape index (κ2) is 3.20. The number of anilines is 1. The molecule has 13 heavy (non-hydrogen) atoms. The normalized spacial score (nSPS) is 9.77. The van der Waals surface area contributed by atoms with E-state index in [4.69, 9.17) is 6.42 Å². The number of aromatic nitrogens is 2. The number of aromatic amines is 1. The third-order valence-electron chi connectivity index (χ3n) is 1.75. The van der Waals surface area contributed by atoms with Crippen LogP contribution in [0.2, 0.25) is 0 Å². The van der Waals surface area contributed by atoms with Gasteiger partial charge in [0.2, 0.25) is 5.95 Å². The van der Waals surface area contributed by atoms with E-state index in [0.717, 1.165) is 17.0 Å². The zero-order valence-corrected chi connectivity index (χ0v) is 7.04.